The van der Waals surface area contributed by atoms with Gasteiger partial charge in [0.1, 0.15) is 4.60 Å². The average molecular weight is 324 g/mol. The van der Waals surface area contributed by atoms with Crippen molar-refractivity contribution in [3.05, 3.63) is 23.2 Å². The minimum Gasteiger partial charge on any atom is -0.364 e. The Morgan fingerprint density at radius 3 is 2.95 bits per heavy atom. The van der Waals surface area contributed by atoms with Crippen molar-refractivity contribution in [1.82, 2.24) is 19.3 Å². The molecule has 0 amide bonds. The fourth-order valence-electron chi connectivity index (χ4n) is 2.58. The van der Waals surface area contributed by atoms with Crippen molar-refractivity contribution in [1.29, 1.82) is 0 Å². The fraction of sp³-hybridized carbons (Fsp3) is 0.538. The average Bonchev–Trinajstić information content (AvgIpc) is 2.88. The van der Waals surface area contributed by atoms with Gasteiger partial charge in [-0.1, -0.05) is 6.92 Å². The Morgan fingerprint density at radius 1 is 1.42 bits per heavy atom. The standard InChI is InChI=1S/C13H18BrN5/c1-2-18-6-3-10(4-7-18)16-12-13-15-5-8-19(13)9-11(14)17-12/h5,8-10H,2-4,6-7H2,1H3,(H,16,17). The summed E-state index contributed by atoms with van der Waals surface area (Å²) in [5.74, 6) is 0.870. The van der Waals surface area contributed by atoms with Crippen molar-refractivity contribution < 1.29 is 0 Å². The molecule has 2 aromatic rings. The first-order valence-corrected chi connectivity index (χ1v) is 7.53. The van der Waals surface area contributed by atoms with Gasteiger partial charge in [-0.25, -0.2) is 9.97 Å². The molecule has 0 radical (unpaired) electrons. The summed E-state index contributed by atoms with van der Waals surface area (Å²) in [7, 11) is 0. The van der Waals surface area contributed by atoms with E-state index in [2.05, 4.69) is 43.0 Å². The number of anilines is 1. The summed E-state index contributed by atoms with van der Waals surface area (Å²) < 4.78 is 2.81. The Morgan fingerprint density at radius 2 is 2.21 bits per heavy atom. The van der Waals surface area contributed by atoms with E-state index in [0.29, 0.717) is 6.04 Å². The highest BCUT2D eigenvalue weighted by molar-refractivity contribution is 9.10. The maximum absolute atomic E-state index is 4.52. The van der Waals surface area contributed by atoms with Crippen LogP contribution in [0.4, 0.5) is 5.82 Å². The number of hydrogen-bond donors (Lipinski definition) is 1. The summed E-state index contributed by atoms with van der Waals surface area (Å²) in [6.07, 6.45) is 7.98. The molecule has 3 rings (SSSR count). The van der Waals surface area contributed by atoms with Crippen molar-refractivity contribution in [2.24, 2.45) is 0 Å². The number of aromatic nitrogens is 3. The predicted octanol–water partition coefficient (Wildman–Crippen LogP) is 2.39. The second-order valence-electron chi connectivity index (χ2n) is 4.92. The molecule has 0 atom stereocenters. The number of hydrogen-bond acceptors (Lipinski definition) is 4. The van der Waals surface area contributed by atoms with Crippen LogP contribution in [0.1, 0.15) is 19.8 Å². The first-order valence-electron chi connectivity index (χ1n) is 6.74. The Hall–Kier alpha value is -1.14. The molecule has 3 heterocycles. The Balaban J connectivity index is 1.76. The van der Waals surface area contributed by atoms with Crippen LogP contribution >= 0.6 is 15.9 Å². The van der Waals surface area contributed by atoms with E-state index in [0.717, 1.165) is 48.5 Å². The van der Waals surface area contributed by atoms with Gasteiger partial charge in [0.2, 0.25) is 0 Å². The van der Waals surface area contributed by atoms with Gasteiger partial charge in [-0.2, -0.15) is 0 Å². The second-order valence-corrected chi connectivity index (χ2v) is 5.74. The van der Waals surface area contributed by atoms with E-state index in [1.807, 2.05) is 16.8 Å². The molecule has 0 spiro atoms. The zero-order valence-corrected chi connectivity index (χ0v) is 12.6. The van der Waals surface area contributed by atoms with Crippen LogP contribution in [0.15, 0.2) is 23.2 Å². The number of imidazole rings is 1. The molecule has 0 bridgehead atoms. The number of rotatable bonds is 3. The number of fused-ring (bicyclic) bond motifs is 1. The molecular weight excluding hydrogens is 306 g/mol. The molecule has 5 nitrogen and oxygen atoms in total. The number of halogens is 1. The van der Waals surface area contributed by atoms with E-state index in [4.69, 9.17) is 0 Å². The molecule has 1 aliphatic heterocycles. The molecule has 0 aliphatic carbocycles. The third-order valence-corrected chi connectivity index (χ3v) is 4.10. The van der Waals surface area contributed by atoms with E-state index in [-0.39, 0.29) is 0 Å². The molecule has 1 aliphatic rings. The van der Waals surface area contributed by atoms with Crippen LogP contribution in [0.25, 0.3) is 5.65 Å². The van der Waals surface area contributed by atoms with Crippen LogP contribution in [0, 0.1) is 0 Å². The van der Waals surface area contributed by atoms with Crippen LogP contribution in [0.2, 0.25) is 0 Å². The molecule has 1 N–H and O–H groups in total. The Kier molecular flexibility index (Phi) is 3.70. The highest BCUT2D eigenvalue weighted by Crippen LogP contribution is 2.20. The van der Waals surface area contributed by atoms with Crippen molar-refractivity contribution in [3.8, 4) is 0 Å². The zero-order chi connectivity index (χ0) is 13.2. The van der Waals surface area contributed by atoms with Gasteiger partial charge in [0.15, 0.2) is 11.5 Å². The quantitative estimate of drug-likeness (QED) is 0.942. The minimum absolute atomic E-state index is 0.491. The summed E-state index contributed by atoms with van der Waals surface area (Å²) in [6.45, 7) is 5.68. The van der Waals surface area contributed by atoms with Crippen molar-refractivity contribution >= 4 is 27.4 Å². The largest absolute Gasteiger partial charge is 0.364 e. The molecule has 0 aromatic carbocycles. The van der Waals surface area contributed by atoms with Crippen molar-refractivity contribution in [2.75, 3.05) is 25.0 Å². The lowest BCUT2D eigenvalue weighted by Gasteiger charge is -2.31. The Bertz CT molecular complexity index is 559. The van der Waals surface area contributed by atoms with E-state index < -0.39 is 0 Å². The molecule has 1 saturated heterocycles. The first-order chi connectivity index (χ1) is 9.26. The second kappa shape index (κ2) is 5.46. The maximum atomic E-state index is 4.52. The first kappa shape index (κ1) is 12.9. The van der Waals surface area contributed by atoms with Crippen LogP contribution in [-0.4, -0.2) is 44.9 Å². The maximum Gasteiger partial charge on any atom is 0.180 e. The van der Waals surface area contributed by atoms with Gasteiger partial charge in [0, 0.05) is 37.7 Å². The summed E-state index contributed by atoms with van der Waals surface area (Å²) >= 11 is 3.45. The lowest BCUT2D eigenvalue weighted by molar-refractivity contribution is 0.229. The zero-order valence-electron chi connectivity index (χ0n) is 11.0. The van der Waals surface area contributed by atoms with Crippen molar-refractivity contribution in [2.45, 2.75) is 25.8 Å². The lowest BCUT2D eigenvalue weighted by Crippen LogP contribution is -2.39. The minimum atomic E-state index is 0.491. The van der Waals surface area contributed by atoms with Gasteiger partial charge in [-0.3, -0.25) is 0 Å². The summed E-state index contributed by atoms with van der Waals surface area (Å²) in [5, 5.41) is 3.54. The van der Waals surface area contributed by atoms with Crippen LogP contribution in [-0.2, 0) is 0 Å². The molecule has 0 saturated carbocycles. The van der Waals surface area contributed by atoms with Gasteiger partial charge >= 0.3 is 0 Å². The molecule has 2 aromatic heterocycles. The normalized spacial score (nSPS) is 18.0. The third kappa shape index (κ3) is 2.74. The highest BCUT2D eigenvalue weighted by atomic mass is 79.9. The van der Waals surface area contributed by atoms with Gasteiger partial charge in [0.05, 0.1) is 0 Å². The number of piperidine rings is 1. The van der Waals surface area contributed by atoms with Crippen LogP contribution < -0.4 is 5.32 Å². The molecule has 6 heteroatoms. The molecular formula is C13H18BrN5. The fourth-order valence-corrected chi connectivity index (χ4v) is 2.98. The topological polar surface area (TPSA) is 45.5 Å². The van der Waals surface area contributed by atoms with E-state index in [1.165, 1.54) is 0 Å². The Labute approximate surface area is 121 Å². The molecule has 0 unspecified atom stereocenters. The number of nitrogens with zero attached hydrogens (tertiary/aromatic N) is 4. The van der Waals surface area contributed by atoms with Gasteiger partial charge in [0.25, 0.3) is 0 Å². The monoisotopic (exact) mass is 323 g/mol. The van der Waals surface area contributed by atoms with E-state index in [9.17, 15) is 0 Å². The number of likely N-dealkylation sites (tertiary alicyclic amines) is 1. The summed E-state index contributed by atoms with van der Waals surface area (Å²) in [5.41, 5.74) is 0.890. The van der Waals surface area contributed by atoms with Crippen LogP contribution in [0.5, 0.6) is 0 Å². The third-order valence-electron chi connectivity index (χ3n) is 3.72. The molecule has 19 heavy (non-hydrogen) atoms. The highest BCUT2D eigenvalue weighted by Gasteiger charge is 2.19. The lowest BCUT2D eigenvalue weighted by atomic mass is 10.1. The number of nitrogens with one attached hydrogen (secondary N) is 1. The van der Waals surface area contributed by atoms with Crippen molar-refractivity contribution in [3.63, 3.8) is 0 Å². The van der Waals surface area contributed by atoms with Gasteiger partial charge in [-0.15, -0.1) is 0 Å². The van der Waals surface area contributed by atoms with E-state index in [1.54, 1.807) is 6.20 Å². The van der Waals surface area contributed by atoms with Gasteiger partial charge < -0.3 is 14.6 Å². The van der Waals surface area contributed by atoms with Crippen LogP contribution in [0.3, 0.4) is 0 Å². The SMILES string of the molecule is CCN1CCC(Nc2nc(Br)cn3ccnc23)CC1. The molecule has 1 fully saturated rings. The predicted molar refractivity (Wildman–Crippen MR) is 79.4 cm³/mol. The molecule has 102 valence electrons. The summed E-state index contributed by atoms with van der Waals surface area (Å²) in [6, 6.07) is 0.491. The smallest absolute Gasteiger partial charge is 0.180 e. The van der Waals surface area contributed by atoms with Gasteiger partial charge in [-0.05, 0) is 35.3 Å². The summed E-state index contributed by atoms with van der Waals surface area (Å²) in [4.78, 5) is 11.4. The van der Waals surface area contributed by atoms with E-state index >= 15 is 0 Å².